The second-order valence-electron chi connectivity index (χ2n) is 5.35. The maximum Gasteiger partial charge on any atom is 0.225 e. The van der Waals surface area contributed by atoms with Gasteiger partial charge in [-0.2, -0.15) is 0 Å². The summed E-state index contributed by atoms with van der Waals surface area (Å²) in [6.07, 6.45) is 3.80. The van der Waals surface area contributed by atoms with E-state index < -0.39 is 0 Å². The highest BCUT2D eigenvalue weighted by Gasteiger charge is 2.32. The fraction of sp³-hybridized carbons (Fsp3) is 0.692. The lowest BCUT2D eigenvalue weighted by Gasteiger charge is -2.18. The van der Waals surface area contributed by atoms with Gasteiger partial charge in [-0.25, -0.2) is 9.97 Å². The molecule has 2 atom stereocenters. The third-order valence-corrected chi connectivity index (χ3v) is 3.58. The maximum atomic E-state index is 4.40. The Morgan fingerprint density at radius 1 is 1.25 bits per heavy atom. The van der Waals surface area contributed by atoms with E-state index in [0.29, 0.717) is 0 Å². The maximum absolute atomic E-state index is 4.40. The first kappa shape index (κ1) is 11.4. The third kappa shape index (κ3) is 2.18. The molecule has 0 aliphatic carbocycles. The minimum absolute atomic E-state index is 0.741. The molecule has 0 bridgehead atoms. The van der Waals surface area contributed by atoms with Crippen LogP contribution in [0, 0.1) is 24.7 Å². The van der Waals surface area contributed by atoms with Gasteiger partial charge in [0.1, 0.15) is 0 Å². The zero-order chi connectivity index (χ0) is 11.7. The van der Waals surface area contributed by atoms with Crippen molar-refractivity contribution in [1.82, 2.24) is 9.97 Å². The van der Waals surface area contributed by atoms with E-state index in [-0.39, 0.29) is 0 Å². The van der Waals surface area contributed by atoms with Crippen molar-refractivity contribution in [2.75, 3.05) is 18.0 Å². The molecule has 3 nitrogen and oxygen atoms in total. The zero-order valence-electron chi connectivity index (χ0n) is 10.6. The van der Waals surface area contributed by atoms with Gasteiger partial charge < -0.3 is 4.90 Å². The van der Waals surface area contributed by atoms with Crippen molar-refractivity contribution >= 4 is 5.95 Å². The molecular formula is C13H21N3. The lowest BCUT2D eigenvalue weighted by molar-refractivity contribution is 0.340. The summed E-state index contributed by atoms with van der Waals surface area (Å²) in [5.41, 5.74) is 1.12. The van der Waals surface area contributed by atoms with E-state index in [1.54, 1.807) is 0 Å². The average Bonchev–Trinajstić information content (AvgIpc) is 2.61. The van der Waals surface area contributed by atoms with Crippen LogP contribution in [0.25, 0.3) is 0 Å². The van der Waals surface area contributed by atoms with Crippen molar-refractivity contribution < 1.29 is 0 Å². The lowest BCUT2D eigenvalue weighted by Crippen LogP contribution is -2.23. The van der Waals surface area contributed by atoms with Crippen molar-refractivity contribution in [3.8, 4) is 0 Å². The quantitative estimate of drug-likeness (QED) is 0.765. The fourth-order valence-corrected chi connectivity index (χ4v) is 2.57. The van der Waals surface area contributed by atoms with Gasteiger partial charge in [0, 0.05) is 25.5 Å². The summed E-state index contributed by atoms with van der Waals surface area (Å²) in [5.74, 6) is 3.14. The molecule has 1 aromatic heterocycles. The Balaban J connectivity index is 2.10. The molecule has 1 fully saturated rings. The first-order valence-electron chi connectivity index (χ1n) is 6.11. The lowest BCUT2D eigenvalue weighted by atomic mass is 9.88. The molecule has 2 rings (SSSR count). The number of rotatable bonds is 2. The van der Waals surface area contributed by atoms with Crippen molar-refractivity contribution in [2.24, 2.45) is 17.8 Å². The molecule has 1 aliphatic rings. The van der Waals surface area contributed by atoms with Gasteiger partial charge in [0.05, 0.1) is 0 Å². The number of anilines is 1. The minimum atomic E-state index is 0.741. The molecule has 88 valence electrons. The van der Waals surface area contributed by atoms with Gasteiger partial charge in [0.25, 0.3) is 0 Å². The SMILES string of the molecule is Cc1cnc(N2CC(C)C(C(C)C)C2)nc1. The average molecular weight is 219 g/mol. The van der Waals surface area contributed by atoms with Gasteiger partial charge in [0.2, 0.25) is 5.95 Å². The van der Waals surface area contributed by atoms with Gasteiger partial charge in [-0.3, -0.25) is 0 Å². The van der Waals surface area contributed by atoms with E-state index in [2.05, 4.69) is 35.6 Å². The Morgan fingerprint density at radius 2 is 1.88 bits per heavy atom. The largest absolute Gasteiger partial charge is 0.340 e. The number of hydrogen-bond acceptors (Lipinski definition) is 3. The molecule has 2 heterocycles. The monoisotopic (exact) mass is 219 g/mol. The van der Waals surface area contributed by atoms with E-state index in [1.165, 1.54) is 0 Å². The number of aryl methyl sites for hydroxylation is 1. The second kappa shape index (κ2) is 4.40. The Labute approximate surface area is 97.9 Å². The van der Waals surface area contributed by atoms with E-state index in [4.69, 9.17) is 0 Å². The van der Waals surface area contributed by atoms with E-state index in [1.807, 2.05) is 19.3 Å². The van der Waals surface area contributed by atoms with Crippen LogP contribution in [0.1, 0.15) is 26.3 Å². The van der Waals surface area contributed by atoms with Crippen molar-refractivity contribution in [3.05, 3.63) is 18.0 Å². The Kier molecular flexibility index (Phi) is 3.13. The van der Waals surface area contributed by atoms with Gasteiger partial charge in [-0.15, -0.1) is 0 Å². The van der Waals surface area contributed by atoms with E-state index >= 15 is 0 Å². The molecule has 0 spiro atoms. The molecule has 0 saturated carbocycles. The highest BCUT2D eigenvalue weighted by atomic mass is 15.3. The molecule has 1 saturated heterocycles. The summed E-state index contributed by atoms with van der Waals surface area (Å²) in [5, 5.41) is 0. The Morgan fingerprint density at radius 3 is 2.38 bits per heavy atom. The molecule has 0 N–H and O–H groups in total. The number of aromatic nitrogens is 2. The Bertz CT molecular complexity index is 345. The minimum Gasteiger partial charge on any atom is -0.340 e. The standard InChI is InChI=1S/C13H21N3/c1-9(2)12-8-16(7-11(12)4)13-14-5-10(3)6-15-13/h5-6,9,11-12H,7-8H2,1-4H3. The van der Waals surface area contributed by atoms with Crippen LogP contribution in [-0.4, -0.2) is 23.1 Å². The number of nitrogens with zero attached hydrogens (tertiary/aromatic N) is 3. The number of hydrogen-bond donors (Lipinski definition) is 0. The second-order valence-corrected chi connectivity index (χ2v) is 5.35. The van der Waals surface area contributed by atoms with E-state index in [9.17, 15) is 0 Å². The van der Waals surface area contributed by atoms with Gasteiger partial charge in [-0.05, 0) is 30.2 Å². The summed E-state index contributed by atoms with van der Waals surface area (Å²) < 4.78 is 0. The molecule has 0 radical (unpaired) electrons. The molecular weight excluding hydrogens is 198 g/mol. The summed E-state index contributed by atoms with van der Waals surface area (Å²) in [4.78, 5) is 11.1. The topological polar surface area (TPSA) is 29.0 Å². The first-order valence-corrected chi connectivity index (χ1v) is 6.11. The highest BCUT2D eigenvalue weighted by molar-refractivity contribution is 5.32. The molecule has 1 aromatic rings. The Hall–Kier alpha value is -1.12. The molecule has 3 heteroatoms. The van der Waals surface area contributed by atoms with Crippen LogP contribution in [0.2, 0.25) is 0 Å². The smallest absolute Gasteiger partial charge is 0.225 e. The van der Waals surface area contributed by atoms with Gasteiger partial charge in [0.15, 0.2) is 0 Å². The van der Waals surface area contributed by atoms with Crippen LogP contribution in [0.5, 0.6) is 0 Å². The predicted molar refractivity (Wildman–Crippen MR) is 66.5 cm³/mol. The van der Waals surface area contributed by atoms with Crippen molar-refractivity contribution in [3.63, 3.8) is 0 Å². The van der Waals surface area contributed by atoms with Gasteiger partial charge >= 0.3 is 0 Å². The first-order chi connectivity index (χ1) is 7.58. The van der Waals surface area contributed by atoms with Gasteiger partial charge in [-0.1, -0.05) is 20.8 Å². The molecule has 2 unspecified atom stereocenters. The van der Waals surface area contributed by atoms with Crippen LogP contribution >= 0.6 is 0 Å². The van der Waals surface area contributed by atoms with Crippen LogP contribution in [0.3, 0.4) is 0 Å². The summed E-state index contributed by atoms with van der Waals surface area (Å²) >= 11 is 0. The highest BCUT2D eigenvalue weighted by Crippen LogP contribution is 2.30. The molecule has 1 aliphatic heterocycles. The van der Waals surface area contributed by atoms with Crippen LogP contribution in [0.4, 0.5) is 5.95 Å². The third-order valence-electron chi connectivity index (χ3n) is 3.58. The molecule has 0 aromatic carbocycles. The normalized spacial score (nSPS) is 25.4. The van der Waals surface area contributed by atoms with Crippen LogP contribution in [0.15, 0.2) is 12.4 Å². The van der Waals surface area contributed by atoms with Crippen LogP contribution < -0.4 is 4.90 Å². The summed E-state index contributed by atoms with van der Waals surface area (Å²) in [6, 6.07) is 0. The molecule has 16 heavy (non-hydrogen) atoms. The van der Waals surface area contributed by atoms with Crippen LogP contribution in [-0.2, 0) is 0 Å². The summed E-state index contributed by atoms with van der Waals surface area (Å²) in [6.45, 7) is 11.2. The van der Waals surface area contributed by atoms with Crippen molar-refractivity contribution in [1.29, 1.82) is 0 Å². The molecule has 0 amide bonds. The zero-order valence-corrected chi connectivity index (χ0v) is 10.6. The van der Waals surface area contributed by atoms with E-state index in [0.717, 1.165) is 42.4 Å². The predicted octanol–water partition coefficient (Wildman–Crippen LogP) is 2.51. The fourth-order valence-electron chi connectivity index (χ4n) is 2.57. The summed E-state index contributed by atoms with van der Waals surface area (Å²) in [7, 11) is 0. The van der Waals surface area contributed by atoms with Crippen molar-refractivity contribution in [2.45, 2.75) is 27.7 Å².